The van der Waals surface area contributed by atoms with Crippen molar-refractivity contribution in [3.8, 4) is 0 Å². The molecule has 4 atom stereocenters. The molecule has 0 aromatic heterocycles. The zero-order valence-corrected chi connectivity index (χ0v) is 22.2. The van der Waals surface area contributed by atoms with E-state index in [0.29, 0.717) is 0 Å². The minimum Gasteiger partial charge on any atom is -0.444 e. The lowest BCUT2D eigenvalue weighted by Gasteiger charge is -2.24. The van der Waals surface area contributed by atoms with Crippen LogP contribution in [0.3, 0.4) is 0 Å². The quantitative estimate of drug-likeness (QED) is 0.236. The van der Waals surface area contributed by atoms with Crippen LogP contribution in [0.2, 0.25) is 0 Å². The summed E-state index contributed by atoms with van der Waals surface area (Å²) in [6.45, 7) is 10.8. The van der Waals surface area contributed by atoms with E-state index >= 15 is 0 Å². The van der Waals surface area contributed by atoms with Crippen LogP contribution in [0.1, 0.15) is 49.0 Å². The number of hydrogen-bond donors (Lipinski definition) is 1. The van der Waals surface area contributed by atoms with Crippen LogP contribution in [0.25, 0.3) is 20.9 Å². The van der Waals surface area contributed by atoms with E-state index in [9.17, 15) is 23.1 Å². The molecule has 2 aliphatic heterocycles. The molecule has 0 spiro atoms. The molecule has 0 aromatic rings. The largest absolute Gasteiger partial charge is 0.444 e. The Morgan fingerprint density at radius 1 is 0.865 bits per heavy atom. The fourth-order valence-corrected chi connectivity index (χ4v) is 3.79. The first-order valence-corrected chi connectivity index (χ1v) is 12.8. The standard InChI is InChI=1S/C10H18N4O5S.C9H16N4O3.CH4/c1-10(2,3)18-9(15)14-5-7(12-13-11)8(6-14)19-20(4,16)17;1-9(2,3)16-8(15)13-4-6(11-12-10)7(14)5-13;/h7-8H,5-6H2,1-4H3;6-7,14H,4-5H2,1-3H3;1H4/t7-,8-;6-,7-;/m00./s1. The number of carbonyl (C=O) groups excluding carboxylic acids is 2. The predicted octanol–water partition coefficient (Wildman–Crippen LogP) is 3.17. The Labute approximate surface area is 217 Å². The summed E-state index contributed by atoms with van der Waals surface area (Å²) in [7, 11) is -3.71. The fourth-order valence-electron chi connectivity index (χ4n) is 3.15. The molecule has 0 bridgehead atoms. The van der Waals surface area contributed by atoms with Crippen LogP contribution in [0.4, 0.5) is 9.59 Å². The third kappa shape index (κ3) is 12.7. The highest BCUT2D eigenvalue weighted by Gasteiger charge is 2.39. The van der Waals surface area contributed by atoms with E-state index in [-0.39, 0.29) is 33.6 Å². The molecule has 0 saturated carbocycles. The van der Waals surface area contributed by atoms with Crippen molar-refractivity contribution >= 4 is 22.3 Å². The summed E-state index contributed by atoms with van der Waals surface area (Å²) in [6.07, 6.45) is -1.91. The van der Waals surface area contributed by atoms with Crippen LogP contribution in [0, 0.1) is 0 Å². The second-order valence-electron chi connectivity index (χ2n) is 10.2. The van der Waals surface area contributed by atoms with E-state index < -0.39 is 57.8 Å². The third-order valence-corrected chi connectivity index (χ3v) is 5.09. The average Bonchev–Trinajstić information content (AvgIpc) is 3.23. The molecule has 17 heteroatoms. The Morgan fingerprint density at radius 2 is 1.27 bits per heavy atom. The van der Waals surface area contributed by atoms with Crippen molar-refractivity contribution in [2.45, 2.75) is 84.5 Å². The van der Waals surface area contributed by atoms with Crippen LogP contribution in [0.5, 0.6) is 0 Å². The van der Waals surface area contributed by atoms with Crippen molar-refractivity contribution in [2.24, 2.45) is 10.2 Å². The molecule has 2 aliphatic rings. The SMILES string of the molecule is C.CC(C)(C)OC(=O)N1C[C@H](N=[N+]=[N-])[C@@H](O)C1.CC(C)(C)OC(=O)N1C[C@H](N=[N+]=[N-])[C@@H](OS(C)(=O)=O)C1. The Hall–Kier alpha value is -2.97. The predicted molar refractivity (Wildman–Crippen MR) is 134 cm³/mol. The van der Waals surface area contributed by atoms with Crippen LogP contribution in [0.15, 0.2) is 10.2 Å². The van der Waals surface area contributed by atoms with Gasteiger partial charge in [-0.2, -0.15) is 8.42 Å². The van der Waals surface area contributed by atoms with E-state index in [0.717, 1.165) is 6.26 Å². The summed E-state index contributed by atoms with van der Waals surface area (Å²) in [4.78, 5) is 31.4. The van der Waals surface area contributed by atoms with E-state index in [1.165, 1.54) is 9.80 Å². The minimum atomic E-state index is -3.71. The number of rotatable bonds is 4. The molecule has 0 unspecified atom stereocenters. The van der Waals surface area contributed by atoms with E-state index in [1.54, 1.807) is 41.5 Å². The van der Waals surface area contributed by atoms with Crippen molar-refractivity contribution in [3.05, 3.63) is 20.9 Å². The Morgan fingerprint density at radius 3 is 1.68 bits per heavy atom. The first-order chi connectivity index (χ1) is 16.3. The number of carbonyl (C=O) groups is 2. The first-order valence-electron chi connectivity index (χ1n) is 11.0. The molecular weight excluding hydrogens is 512 g/mol. The van der Waals surface area contributed by atoms with E-state index in [4.69, 9.17) is 24.7 Å². The van der Waals surface area contributed by atoms with E-state index in [1.807, 2.05) is 0 Å². The van der Waals surface area contributed by atoms with Crippen LogP contribution in [-0.2, 0) is 23.8 Å². The number of aliphatic hydroxyl groups excluding tert-OH is 1. The molecule has 16 nitrogen and oxygen atoms in total. The van der Waals surface area contributed by atoms with Gasteiger partial charge in [0.25, 0.3) is 10.1 Å². The van der Waals surface area contributed by atoms with Gasteiger partial charge in [0, 0.05) is 22.9 Å². The van der Waals surface area contributed by atoms with Gasteiger partial charge >= 0.3 is 12.2 Å². The molecule has 0 aromatic carbocycles. The topological polar surface area (TPSA) is 220 Å². The smallest absolute Gasteiger partial charge is 0.410 e. The molecule has 212 valence electrons. The zero-order valence-electron chi connectivity index (χ0n) is 21.4. The van der Waals surface area contributed by atoms with Gasteiger partial charge in [0.15, 0.2) is 0 Å². The first kappa shape index (κ1) is 34.0. The molecular formula is C20H38N8O8S. The number of ether oxygens (including phenoxy) is 2. The van der Waals surface area contributed by atoms with Gasteiger partial charge in [0.1, 0.15) is 17.3 Å². The second kappa shape index (κ2) is 13.5. The van der Waals surface area contributed by atoms with Gasteiger partial charge in [-0.1, -0.05) is 17.7 Å². The number of hydrogen-bond acceptors (Lipinski definition) is 10. The van der Waals surface area contributed by atoms with Gasteiger partial charge in [-0.25, -0.2) is 9.59 Å². The molecule has 0 aliphatic carbocycles. The molecule has 2 heterocycles. The minimum absolute atomic E-state index is 0. The van der Waals surface area contributed by atoms with Gasteiger partial charge in [0.2, 0.25) is 0 Å². The van der Waals surface area contributed by atoms with Crippen LogP contribution in [-0.4, -0.2) is 103 Å². The third-order valence-electron chi connectivity index (χ3n) is 4.50. The monoisotopic (exact) mass is 550 g/mol. The lowest BCUT2D eigenvalue weighted by molar-refractivity contribution is 0.0263. The fraction of sp³-hybridized carbons (Fsp3) is 0.900. The molecule has 2 rings (SSSR count). The second-order valence-corrected chi connectivity index (χ2v) is 11.8. The molecule has 2 amide bonds. The summed E-state index contributed by atoms with van der Waals surface area (Å²) < 4.78 is 37.4. The number of nitrogens with zero attached hydrogens (tertiary/aromatic N) is 8. The van der Waals surface area contributed by atoms with Crippen molar-refractivity contribution in [1.82, 2.24) is 9.80 Å². The van der Waals surface area contributed by atoms with Gasteiger partial charge in [-0.15, -0.1) is 0 Å². The van der Waals surface area contributed by atoms with Gasteiger partial charge < -0.3 is 24.4 Å². The summed E-state index contributed by atoms with van der Waals surface area (Å²) in [6, 6.07) is -1.35. The number of amides is 2. The summed E-state index contributed by atoms with van der Waals surface area (Å²) in [5.41, 5.74) is 15.5. The zero-order chi connectivity index (χ0) is 27.9. The number of azide groups is 2. The van der Waals surface area contributed by atoms with E-state index in [2.05, 4.69) is 20.1 Å². The van der Waals surface area contributed by atoms with Gasteiger partial charge in [-0.3, -0.25) is 4.18 Å². The average molecular weight is 551 g/mol. The maximum atomic E-state index is 11.9. The number of β-amino-alcohol motifs (C(OH)–C–C–N with tert-alkyl or cyclic N) is 1. The lowest BCUT2D eigenvalue weighted by atomic mass is 10.2. The van der Waals surface area contributed by atoms with Crippen molar-refractivity contribution < 1.29 is 36.8 Å². The highest BCUT2D eigenvalue weighted by atomic mass is 32.2. The van der Waals surface area contributed by atoms with Crippen molar-refractivity contribution in [2.75, 3.05) is 32.4 Å². The Balaban J connectivity index is 0.000000698. The molecule has 0 radical (unpaired) electrons. The molecule has 37 heavy (non-hydrogen) atoms. The number of aliphatic hydroxyl groups is 1. The summed E-state index contributed by atoms with van der Waals surface area (Å²) in [5, 5.41) is 16.4. The van der Waals surface area contributed by atoms with Crippen LogP contribution >= 0.6 is 0 Å². The van der Waals surface area contributed by atoms with Gasteiger partial charge in [0.05, 0.1) is 37.5 Å². The maximum Gasteiger partial charge on any atom is 0.410 e. The summed E-state index contributed by atoms with van der Waals surface area (Å²) in [5.74, 6) is 0. The number of likely N-dealkylation sites (tertiary alicyclic amines) is 2. The highest BCUT2D eigenvalue weighted by molar-refractivity contribution is 7.86. The van der Waals surface area contributed by atoms with Crippen molar-refractivity contribution in [3.63, 3.8) is 0 Å². The molecule has 2 fully saturated rings. The lowest BCUT2D eigenvalue weighted by Crippen LogP contribution is -2.36. The van der Waals surface area contributed by atoms with Crippen LogP contribution < -0.4 is 0 Å². The van der Waals surface area contributed by atoms with Gasteiger partial charge in [-0.05, 0) is 52.6 Å². The molecule has 1 N–H and O–H groups in total. The Kier molecular flexibility index (Phi) is 12.5. The summed E-state index contributed by atoms with van der Waals surface area (Å²) >= 11 is 0. The normalized spacial score (nSPS) is 23.5. The molecule has 2 saturated heterocycles. The maximum absolute atomic E-state index is 11.9. The van der Waals surface area contributed by atoms with Crippen molar-refractivity contribution in [1.29, 1.82) is 0 Å². The highest BCUT2D eigenvalue weighted by Crippen LogP contribution is 2.21. The Bertz CT molecular complexity index is 997.